The molecule has 3 atom stereocenters. The summed E-state index contributed by atoms with van der Waals surface area (Å²) in [5.41, 5.74) is 0. The van der Waals surface area contributed by atoms with Gasteiger partial charge in [0, 0.05) is 18.6 Å². The number of nitrogens with zero attached hydrogens (tertiary/aromatic N) is 1. The van der Waals surface area contributed by atoms with Gasteiger partial charge in [-0.15, -0.1) is 0 Å². The zero-order valence-corrected chi connectivity index (χ0v) is 11.6. The highest BCUT2D eigenvalue weighted by Crippen LogP contribution is 2.17. The van der Waals surface area contributed by atoms with E-state index in [1.807, 2.05) is 0 Å². The molecule has 2 heteroatoms. The van der Waals surface area contributed by atoms with Crippen LogP contribution in [-0.2, 0) is 0 Å². The summed E-state index contributed by atoms with van der Waals surface area (Å²) >= 11 is 0. The predicted molar refractivity (Wildman–Crippen MR) is 71.8 cm³/mol. The minimum atomic E-state index is 0.746. The first-order chi connectivity index (χ1) is 7.67. The minimum absolute atomic E-state index is 0.746. The van der Waals surface area contributed by atoms with E-state index in [1.54, 1.807) is 0 Å². The van der Waals surface area contributed by atoms with Gasteiger partial charge in [0.15, 0.2) is 0 Å². The van der Waals surface area contributed by atoms with Gasteiger partial charge in [-0.3, -0.25) is 0 Å². The van der Waals surface area contributed by atoms with Gasteiger partial charge in [0.2, 0.25) is 0 Å². The monoisotopic (exact) mass is 226 g/mol. The number of likely N-dealkylation sites (N-methyl/N-ethyl adjacent to an activating group) is 1. The van der Waals surface area contributed by atoms with Crippen LogP contribution in [0.3, 0.4) is 0 Å². The lowest BCUT2D eigenvalue weighted by atomic mass is 9.96. The highest BCUT2D eigenvalue weighted by Gasteiger charge is 2.20. The highest BCUT2D eigenvalue weighted by molar-refractivity contribution is 4.80. The average Bonchev–Trinajstić information content (AvgIpc) is 2.77. The predicted octanol–water partition coefficient (Wildman–Crippen LogP) is 2.89. The lowest BCUT2D eigenvalue weighted by molar-refractivity contribution is 0.187. The maximum absolute atomic E-state index is 3.59. The molecule has 1 N–H and O–H groups in total. The third kappa shape index (κ3) is 4.42. The Morgan fingerprint density at radius 2 is 2.06 bits per heavy atom. The summed E-state index contributed by atoms with van der Waals surface area (Å²) in [6.45, 7) is 9.46. The van der Waals surface area contributed by atoms with Crippen LogP contribution in [0.1, 0.15) is 52.9 Å². The number of rotatable bonds is 7. The molecule has 0 spiro atoms. The first-order valence-corrected chi connectivity index (χ1v) is 7.10. The van der Waals surface area contributed by atoms with Crippen molar-refractivity contribution in [2.24, 2.45) is 5.92 Å². The van der Waals surface area contributed by atoms with Crippen molar-refractivity contribution in [1.29, 1.82) is 0 Å². The molecular formula is C14H30N2. The van der Waals surface area contributed by atoms with Crippen molar-refractivity contribution in [3.8, 4) is 0 Å². The second kappa shape index (κ2) is 7.29. The van der Waals surface area contributed by atoms with Crippen LogP contribution in [-0.4, -0.2) is 37.1 Å². The van der Waals surface area contributed by atoms with E-state index in [-0.39, 0.29) is 0 Å². The van der Waals surface area contributed by atoms with Crippen LogP contribution in [0.25, 0.3) is 0 Å². The second-order valence-corrected chi connectivity index (χ2v) is 5.54. The van der Waals surface area contributed by atoms with Gasteiger partial charge < -0.3 is 10.2 Å². The van der Waals surface area contributed by atoms with Gasteiger partial charge in [0.05, 0.1) is 0 Å². The number of nitrogens with one attached hydrogen (secondary N) is 1. The van der Waals surface area contributed by atoms with Crippen molar-refractivity contribution in [3.05, 3.63) is 0 Å². The van der Waals surface area contributed by atoms with E-state index in [1.165, 1.54) is 45.2 Å². The molecule has 1 heterocycles. The van der Waals surface area contributed by atoms with E-state index < -0.39 is 0 Å². The molecule has 0 aliphatic carbocycles. The first-order valence-electron chi connectivity index (χ1n) is 7.10. The fraction of sp³-hybridized carbons (Fsp3) is 1.00. The Bertz CT molecular complexity index is 176. The largest absolute Gasteiger partial charge is 0.313 e. The standard InChI is InChI=1S/C14H30N2/c1-5-12(3)10-14(6-2)16(4)11-13-8-7-9-15-13/h12-15H,5-11H2,1-4H3. The van der Waals surface area contributed by atoms with E-state index in [2.05, 4.69) is 38.0 Å². The van der Waals surface area contributed by atoms with E-state index in [9.17, 15) is 0 Å². The van der Waals surface area contributed by atoms with Crippen LogP contribution < -0.4 is 5.32 Å². The normalized spacial score (nSPS) is 24.9. The molecule has 0 bridgehead atoms. The van der Waals surface area contributed by atoms with Gasteiger partial charge in [-0.1, -0.05) is 27.2 Å². The van der Waals surface area contributed by atoms with Crippen LogP contribution in [0.4, 0.5) is 0 Å². The Morgan fingerprint density at radius 1 is 1.31 bits per heavy atom. The lowest BCUT2D eigenvalue weighted by Gasteiger charge is -2.31. The molecular weight excluding hydrogens is 196 g/mol. The van der Waals surface area contributed by atoms with Gasteiger partial charge in [0.1, 0.15) is 0 Å². The van der Waals surface area contributed by atoms with Crippen molar-refractivity contribution in [1.82, 2.24) is 10.2 Å². The van der Waals surface area contributed by atoms with Crippen molar-refractivity contribution in [2.75, 3.05) is 20.1 Å². The van der Waals surface area contributed by atoms with E-state index in [0.29, 0.717) is 0 Å². The van der Waals surface area contributed by atoms with Gasteiger partial charge in [-0.05, 0) is 45.2 Å². The van der Waals surface area contributed by atoms with Crippen molar-refractivity contribution in [2.45, 2.75) is 65.0 Å². The molecule has 1 rings (SSSR count). The maximum atomic E-state index is 3.59. The van der Waals surface area contributed by atoms with Crippen molar-refractivity contribution in [3.63, 3.8) is 0 Å². The molecule has 16 heavy (non-hydrogen) atoms. The smallest absolute Gasteiger partial charge is 0.0195 e. The summed E-state index contributed by atoms with van der Waals surface area (Å²) in [6.07, 6.45) is 6.68. The van der Waals surface area contributed by atoms with Crippen LogP contribution in [0, 0.1) is 5.92 Å². The van der Waals surface area contributed by atoms with Crippen LogP contribution in [0.15, 0.2) is 0 Å². The van der Waals surface area contributed by atoms with E-state index in [4.69, 9.17) is 0 Å². The lowest BCUT2D eigenvalue weighted by Crippen LogP contribution is -2.41. The molecule has 1 aliphatic heterocycles. The molecule has 2 nitrogen and oxygen atoms in total. The number of hydrogen-bond donors (Lipinski definition) is 1. The zero-order chi connectivity index (χ0) is 12.0. The molecule has 1 fully saturated rings. The molecule has 0 aromatic rings. The quantitative estimate of drug-likeness (QED) is 0.718. The van der Waals surface area contributed by atoms with Crippen molar-refractivity contribution < 1.29 is 0 Å². The van der Waals surface area contributed by atoms with Crippen molar-refractivity contribution >= 4 is 0 Å². The second-order valence-electron chi connectivity index (χ2n) is 5.54. The summed E-state index contributed by atoms with van der Waals surface area (Å²) in [6, 6.07) is 1.52. The average molecular weight is 226 g/mol. The van der Waals surface area contributed by atoms with Gasteiger partial charge in [-0.25, -0.2) is 0 Å². The topological polar surface area (TPSA) is 15.3 Å². The van der Waals surface area contributed by atoms with Gasteiger partial charge in [0.25, 0.3) is 0 Å². The molecule has 3 unspecified atom stereocenters. The van der Waals surface area contributed by atoms with Crippen LogP contribution in [0.2, 0.25) is 0 Å². The molecule has 0 radical (unpaired) electrons. The van der Waals surface area contributed by atoms with E-state index >= 15 is 0 Å². The fourth-order valence-electron chi connectivity index (χ4n) is 2.70. The third-order valence-electron chi connectivity index (χ3n) is 4.14. The summed E-state index contributed by atoms with van der Waals surface area (Å²) in [5.74, 6) is 0.865. The third-order valence-corrected chi connectivity index (χ3v) is 4.14. The van der Waals surface area contributed by atoms with Gasteiger partial charge in [-0.2, -0.15) is 0 Å². The Morgan fingerprint density at radius 3 is 2.56 bits per heavy atom. The molecule has 96 valence electrons. The van der Waals surface area contributed by atoms with Gasteiger partial charge >= 0.3 is 0 Å². The van der Waals surface area contributed by atoms with Crippen LogP contribution >= 0.6 is 0 Å². The molecule has 0 aromatic heterocycles. The number of hydrogen-bond acceptors (Lipinski definition) is 2. The first kappa shape index (κ1) is 14.0. The molecule has 1 saturated heterocycles. The summed E-state index contributed by atoms with van der Waals surface area (Å²) < 4.78 is 0. The summed E-state index contributed by atoms with van der Waals surface area (Å²) in [7, 11) is 2.30. The Balaban J connectivity index is 2.32. The Labute approximate surface area is 102 Å². The zero-order valence-electron chi connectivity index (χ0n) is 11.6. The minimum Gasteiger partial charge on any atom is -0.313 e. The SMILES string of the molecule is CCC(C)CC(CC)N(C)CC1CCCN1. The highest BCUT2D eigenvalue weighted by atomic mass is 15.2. The Kier molecular flexibility index (Phi) is 6.37. The fourth-order valence-corrected chi connectivity index (χ4v) is 2.70. The molecule has 0 amide bonds. The molecule has 0 aromatic carbocycles. The Hall–Kier alpha value is -0.0800. The van der Waals surface area contributed by atoms with E-state index in [0.717, 1.165) is 18.0 Å². The summed E-state index contributed by atoms with van der Waals surface area (Å²) in [5, 5.41) is 3.59. The van der Waals surface area contributed by atoms with Crippen LogP contribution in [0.5, 0.6) is 0 Å². The molecule has 1 aliphatic rings. The molecule has 0 saturated carbocycles. The maximum Gasteiger partial charge on any atom is 0.0195 e. The summed E-state index contributed by atoms with van der Waals surface area (Å²) in [4.78, 5) is 2.58.